The van der Waals surface area contributed by atoms with Crippen LogP contribution in [0.5, 0.6) is 5.88 Å². The van der Waals surface area contributed by atoms with Crippen molar-refractivity contribution in [2.24, 2.45) is 0 Å². The van der Waals surface area contributed by atoms with E-state index in [9.17, 15) is 4.79 Å². The maximum Gasteiger partial charge on any atom is 0.255 e. The minimum absolute atomic E-state index is 0.251. The number of rotatable bonds is 4. The third-order valence-electron chi connectivity index (χ3n) is 2.41. The van der Waals surface area contributed by atoms with E-state index in [0.29, 0.717) is 28.8 Å². The van der Waals surface area contributed by atoms with Crippen molar-refractivity contribution in [3.05, 3.63) is 51.6 Å². The van der Waals surface area contributed by atoms with Crippen LogP contribution >= 0.6 is 27.5 Å². The molecule has 0 unspecified atom stereocenters. The number of carbonyl (C=O) groups excluding carboxylic acids is 1. The number of aromatic nitrogens is 1. The maximum atomic E-state index is 12.1. The molecule has 1 aromatic carbocycles. The van der Waals surface area contributed by atoms with E-state index in [0.717, 1.165) is 4.47 Å². The Bertz CT molecular complexity index is 597. The van der Waals surface area contributed by atoms with Crippen LogP contribution in [-0.4, -0.2) is 17.5 Å². The van der Waals surface area contributed by atoms with E-state index in [1.807, 2.05) is 6.92 Å². The van der Waals surface area contributed by atoms with Crippen molar-refractivity contribution in [2.45, 2.75) is 6.92 Å². The van der Waals surface area contributed by atoms with Gasteiger partial charge in [0.15, 0.2) is 0 Å². The Morgan fingerprint density at radius 1 is 1.40 bits per heavy atom. The fourth-order valence-electron chi connectivity index (χ4n) is 1.58. The average molecular weight is 356 g/mol. The zero-order valence-corrected chi connectivity index (χ0v) is 13.0. The Morgan fingerprint density at radius 2 is 2.20 bits per heavy atom. The number of carbonyl (C=O) groups is 1. The summed E-state index contributed by atoms with van der Waals surface area (Å²) in [5.74, 6) is 0.273. The van der Waals surface area contributed by atoms with Crippen LogP contribution in [0.15, 0.2) is 41.0 Å². The molecule has 0 aliphatic rings. The van der Waals surface area contributed by atoms with E-state index in [4.69, 9.17) is 16.3 Å². The van der Waals surface area contributed by atoms with Gasteiger partial charge in [0.1, 0.15) is 0 Å². The predicted octanol–water partition coefficient (Wildman–Crippen LogP) is 4.15. The highest BCUT2D eigenvalue weighted by Crippen LogP contribution is 2.20. The van der Waals surface area contributed by atoms with Crippen molar-refractivity contribution in [2.75, 3.05) is 11.9 Å². The van der Waals surface area contributed by atoms with Crippen molar-refractivity contribution in [3.8, 4) is 5.88 Å². The lowest BCUT2D eigenvalue weighted by Crippen LogP contribution is -2.12. The van der Waals surface area contributed by atoms with Gasteiger partial charge in [0, 0.05) is 21.1 Å². The van der Waals surface area contributed by atoms with Gasteiger partial charge in [-0.1, -0.05) is 27.5 Å². The molecule has 20 heavy (non-hydrogen) atoms. The number of hydrogen-bond donors (Lipinski definition) is 1. The van der Waals surface area contributed by atoms with Crippen molar-refractivity contribution in [1.82, 2.24) is 4.98 Å². The molecular formula is C14H12BrClN2O2. The lowest BCUT2D eigenvalue weighted by Gasteiger charge is -2.07. The molecule has 1 N–H and O–H groups in total. The summed E-state index contributed by atoms with van der Waals surface area (Å²) in [7, 11) is 0. The summed E-state index contributed by atoms with van der Waals surface area (Å²) in [5.41, 5.74) is 1.06. The molecule has 2 aromatic rings. The average Bonchev–Trinajstić information content (AvgIpc) is 2.40. The molecule has 6 heteroatoms. The Hall–Kier alpha value is -1.59. The van der Waals surface area contributed by atoms with Crippen molar-refractivity contribution in [3.63, 3.8) is 0 Å². The molecule has 0 spiro atoms. The molecule has 104 valence electrons. The fraction of sp³-hybridized carbons (Fsp3) is 0.143. The fourth-order valence-corrected chi connectivity index (χ4v) is 2.44. The third-order valence-corrected chi connectivity index (χ3v) is 3.09. The first-order valence-corrected chi connectivity index (χ1v) is 7.12. The third kappa shape index (κ3) is 3.95. The first kappa shape index (κ1) is 14.8. The molecule has 0 fully saturated rings. The number of nitrogens with one attached hydrogen (secondary N) is 1. The van der Waals surface area contributed by atoms with Crippen molar-refractivity contribution in [1.29, 1.82) is 0 Å². The molecule has 0 saturated carbocycles. The van der Waals surface area contributed by atoms with Gasteiger partial charge in [0.25, 0.3) is 5.91 Å². The van der Waals surface area contributed by atoms with Gasteiger partial charge in [0.05, 0.1) is 18.5 Å². The molecule has 2 rings (SSSR count). The van der Waals surface area contributed by atoms with Gasteiger partial charge in [-0.25, -0.2) is 4.98 Å². The minimum Gasteiger partial charge on any atom is -0.478 e. The van der Waals surface area contributed by atoms with Crippen LogP contribution < -0.4 is 10.1 Å². The van der Waals surface area contributed by atoms with Gasteiger partial charge in [0.2, 0.25) is 5.88 Å². The number of anilines is 1. The molecule has 4 nitrogen and oxygen atoms in total. The van der Waals surface area contributed by atoms with E-state index < -0.39 is 0 Å². The normalized spacial score (nSPS) is 10.2. The molecule has 0 radical (unpaired) electrons. The lowest BCUT2D eigenvalue weighted by molar-refractivity contribution is 0.102. The van der Waals surface area contributed by atoms with E-state index in [1.54, 1.807) is 36.5 Å². The molecule has 1 heterocycles. The summed E-state index contributed by atoms with van der Waals surface area (Å²) in [4.78, 5) is 16.2. The number of benzene rings is 1. The molecule has 1 aromatic heterocycles. The second-order valence-corrected chi connectivity index (χ2v) is 5.28. The number of ether oxygens (including phenoxy) is 1. The molecular weight excluding hydrogens is 344 g/mol. The maximum absolute atomic E-state index is 12.1. The summed E-state index contributed by atoms with van der Waals surface area (Å²) in [6.07, 6.45) is 1.54. The highest BCUT2D eigenvalue weighted by Gasteiger charge is 2.08. The van der Waals surface area contributed by atoms with Gasteiger partial charge in [-0.15, -0.1) is 0 Å². The number of nitrogens with zero attached hydrogens (tertiary/aromatic N) is 1. The summed E-state index contributed by atoms with van der Waals surface area (Å²) in [5, 5.41) is 3.24. The lowest BCUT2D eigenvalue weighted by atomic mass is 10.2. The van der Waals surface area contributed by atoms with E-state index in [-0.39, 0.29) is 5.91 Å². The zero-order chi connectivity index (χ0) is 14.5. The Labute approximate surface area is 130 Å². The van der Waals surface area contributed by atoms with Crippen LogP contribution in [0, 0.1) is 0 Å². The summed E-state index contributed by atoms with van der Waals surface area (Å²) in [6.45, 7) is 2.43. The monoisotopic (exact) mass is 354 g/mol. The number of halogens is 2. The quantitative estimate of drug-likeness (QED) is 0.896. The first-order valence-electron chi connectivity index (χ1n) is 5.95. The SMILES string of the molecule is CCOc1ccc(NC(=O)c2cc(Cl)cc(Br)c2)cn1. The van der Waals surface area contributed by atoms with Crippen LogP contribution in [0.2, 0.25) is 5.02 Å². The summed E-state index contributed by atoms with van der Waals surface area (Å²) in [6, 6.07) is 8.45. The molecule has 0 bridgehead atoms. The van der Waals surface area contributed by atoms with Gasteiger partial charge in [-0.2, -0.15) is 0 Å². The van der Waals surface area contributed by atoms with Crippen LogP contribution in [0.4, 0.5) is 5.69 Å². The van der Waals surface area contributed by atoms with Gasteiger partial charge in [-0.05, 0) is 31.2 Å². The van der Waals surface area contributed by atoms with Gasteiger partial charge in [-0.3, -0.25) is 4.79 Å². The standard InChI is InChI=1S/C14H12BrClN2O2/c1-2-20-13-4-3-12(8-17-13)18-14(19)9-5-10(15)7-11(16)6-9/h3-8H,2H2,1H3,(H,18,19). The predicted molar refractivity (Wildman–Crippen MR) is 82.5 cm³/mol. The molecule has 0 aliphatic heterocycles. The van der Waals surface area contributed by atoms with Crippen LogP contribution in [0.25, 0.3) is 0 Å². The van der Waals surface area contributed by atoms with E-state index in [1.165, 1.54) is 0 Å². The topological polar surface area (TPSA) is 51.2 Å². The van der Waals surface area contributed by atoms with Crippen LogP contribution in [0.1, 0.15) is 17.3 Å². The van der Waals surface area contributed by atoms with Gasteiger partial charge < -0.3 is 10.1 Å². The molecule has 0 atom stereocenters. The van der Waals surface area contributed by atoms with E-state index in [2.05, 4.69) is 26.2 Å². The highest BCUT2D eigenvalue weighted by molar-refractivity contribution is 9.10. The Morgan fingerprint density at radius 3 is 2.80 bits per heavy atom. The number of amides is 1. The summed E-state index contributed by atoms with van der Waals surface area (Å²) < 4.78 is 5.98. The van der Waals surface area contributed by atoms with Crippen LogP contribution in [-0.2, 0) is 0 Å². The molecule has 0 saturated heterocycles. The van der Waals surface area contributed by atoms with E-state index >= 15 is 0 Å². The second kappa shape index (κ2) is 6.72. The Balaban J connectivity index is 2.10. The second-order valence-electron chi connectivity index (χ2n) is 3.93. The molecule has 0 aliphatic carbocycles. The van der Waals surface area contributed by atoms with Crippen molar-refractivity contribution >= 4 is 39.1 Å². The zero-order valence-electron chi connectivity index (χ0n) is 10.7. The first-order chi connectivity index (χ1) is 9.58. The smallest absolute Gasteiger partial charge is 0.255 e. The van der Waals surface area contributed by atoms with Crippen molar-refractivity contribution < 1.29 is 9.53 Å². The largest absolute Gasteiger partial charge is 0.478 e. The van der Waals surface area contributed by atoms with Crippen LogP contribution in [0.3, 0.4) is 0 Å². The summed E-state index contributed by atoms with van der Waals surface area (Å²) >= 11 is 9.21. The highest BCUT2D eigenvalue weighted by atomic mass is 79.9. The number of hydrogen-bond acceptors (Lipinski definition) is 3. The number of pyridine rings is 1. The molecule has 1 amide bonds. The Kier molecular flexibility index (Phi) is 4.98. The minimum atomic E-state index is -0.251. The van der Waals surface area contributed by atoms with Gasteiger partial charge >= 0.3 is 0 Å².